The van der Waals surface area contributed by atoms with Crippen LogP contribution in [-0.4, -0.2) is 18.8 Å². The molecule has 1 saturated carbocycles. The van der Waals surface area contributed by atoms with E-state index in [2.05, 4.69) is 0 Å². The molecule has 4 nitrogen and oxygen atoms in total. The van der Waals surface area contributed by atoms with Crippen LogP contribution >= 0.6 is 11.6 Å². The Hall–Kier alpha value is -2.34. The van der Waals surface area contributed by atoms with Gasteiger partial charge in [0.15, 0.2) is 11.6 Å². The van der Waals surface area contributed by atoms with Crippen molar-refractivity contribution in [1.82, 2.24) is 0 Å². The van der Waals surface area contributed by atoms with Crippen molar-refractivity contribution < 1.29 is 23.0 Å². The van der Waals surface area contributed by atoms with Crippen molar-refractivity contribution in [2.45, 2.75) is 37.2 Å². The maximum atomic E-state index is 15.0. The molecular formula is C21H20ClF2NO3. The Kier molecular flexibility index (Phi) is 4.91. The molecule has 1 amide bonds. The van der Waals surface area contributed by atoms with E-state index in [4.69, 9.17) is 26.8 Å². The number of carbonyl (C=O) groups is 1. The second-order valence-corrected chi connectivity index (χ2v) is 7.97. The van der Waals surface area contributed by atoms with Gasteiger partial charge in [-0.05, 0) is 55.5 Å². The van der Waals surface area contributed by atoms with Gasteiger partial charge in [0.05, 0.1) is 6.61 Å². The lowest BCUT2D eigenvalue weighted by atomic mass is 9.58. The summed E-state index contributed by atoms with van der Waals surface area (Å²) in [7, 11) is 0. The molecule has 2 aliphatic rings. The van der Waals surface area contributed by atoms with Gasteiger partial charge in [0.2, 0.25) is 0 Å². The molecule has 2 aromatic carbocycles. The molecule has 1 aliphatic carbocycles. The number of carbonyl (C=O) groups excluding carboxylic acids is 1. The van der Waals surface area contributed by atoms with E-state index < -0.39 is 23.1 Å². The fourth-order valence-corrected chi connectivity index (χ4v) is 4.85. The topological polar surface area (TPSA) is 61.6 Å². The molecule has 7 heteroatoms. The Morgan fingerprint density at radius 1 is 1.21 bits per heavy atom. The Labute approximate surface area is 166 Å². The maximum Gasteiger partial charge on any atom is 0.404 e. The van der Waals surface area contributed by atoms with Crippen molar-refractivity contribution in [2.75, 3.05) is 6.61 Å². The zero-order valence-electron chi connectivity index (χ0n) is 15.1. The standard InChI is InChI=1S/C21H20ClF2NO3/c22-14-3-1-12(2-4-14)10-21-8-7-15(28-20(25)26)9-13(21)11-27-19-17(24)6-5-16(23)18(19)21/h1-6,13,15H,7-11H2,(H2,25,26)/t13-,15-,21?/m1/s1. The first-order valence-corrected chi connectivity index (χ1v) is 9.58. The van der Waals surface area contributed by atoms with E-state index >= 15 is 0 Å². The van der Waals surface area contributed by atoms with Crippen molar-refractivity contribution in [1.29, 1.82) is 0 Å². The van der Waals surface area contributed by atoms with Crippen LogP contribution in [0.25, 0.3) is 0 Å². The van der Waals surface area contributed by atoms with Crippen LogP contribution in [0.2, 0.25) is 5.02 Å². The number of benzene rings is 2. The predicted octanol–water partition coefficient (Wildman–Crippen LogP) is 4.76. The third kappa shape index (κ3) is 3.30. The summed E-state index contributed by atoms with van der Waals surface area (Å²) in [6.45, 7) is 0.222. The summed E-state index contributed by atoms with van der Waals surface area (Å²) < 4.78 is 40.2. The number of nitrogens with two attached hydrogens (primary N) is 1. The lowest BCUT2D eigenvalue weighted by Gasteiger charge is -2.50. The van der Waals surface area contributed by atoms with Gasteiger partial charge < -0.3 is 15.2 Å². The van der Waals surface area contributed by atoms with Crippen LogP contribution in [0.4, 0.5) is 13.6 Å². The van der Waals surface area contributed by atoms with Crippen LogP contribution < -0.4 is 10.5 Å². The first-order chi connectivity index (χ1) is 13.4. The van der Waals surface area contributed by atoms with E-state index in [1.54, 1.807) is 12.1 Å². The van der Waals surface area contributed by atoms with Crippen molar-refractivity contribution in [3.8, 4) is 5.75 Å². The van der Waals surface area contributed by atoms with Gasteiger partial charge >= 0.3 is 6.09 Å². The lowest BCUT2D eigenvalue weighted by molar-refractivity contribution is 0.000621. The molecule has 2 N–H and O–H groups in total. The Morgan fingerprint density at radius 2 is 1.93 bits per heavy atom. The van der Waals surface area contributed by atoms with E-state index in [0.717, 1.165) is 17.7 Å². The predicted molar refractivity (Wildman–Crippen MR) is 100 cm³/mol. The number of hydrogen-bond donors (Lipinski definition) is 1. The molecule has 4 rings (SSSR count). The highest BCUT2D eigenvalue weighted by molar-refractivity contribution is 6.30. The molecule has 0 radical (unpaired) electrons. The van der Waals surface area contributed by atoms with E-state index in [1.165, 1.54) is 0 Å². The number of fused-ring (bicyclic) bond motifs is 3. The second kappa shape index (κ2) is 7.24. The summed E-state index contributed by atoms with van der Waals surface area (Å²) in [5, 5.41) is 0.612. The van der Waals surface area contributed by atoms with E-state index in [1.807, 2.05) is 12.1 Å². The molecule has 148 valence electrons. The molecule has 2 aromatic rings. The van der Waals surface area contributed by atoms with E-state index in [0.29, 0.717) is 30.7 Å². The van der Waals surface area contributed by atoms with Gasteiger partial charge in [-0.3, -0.25) is 0 Å². The first-order valence-electron chi connectivity index (χ1n) is 9.21. The Bertz CT molecular complexity index is 905. The number of rotatable bonds is 3. The minimum atomic E-state index is -0.829. The Balaban J connectivity index is 1.78. The van der Waals surface area contributed by atoms with Crippen molar-refractivity contribution in [2.24, 2.45) is 11.7 Å². The van der Waals surface area contributed by atoms with Crippen LogP contribution in [0.3, 0.4) is 0 Å². The van der Waals surface area contributed by atoms with Gasteiger partial charge in [-0.25, -0.2) is 13.6 Å². The molecule has 0 aromatic heterocycles. The van der Waals surface area contributed by atoms with Crippen LogP contribution in [0.5, 0.6) is 5.75 Å². The summed E-state index contributed by atoms with van der Waals surface area (Å²) >= 11 is 5.99. The highest BCUT2D eigenvalue weighted by atomic mass is 35.5. The van der Waals surface area contributed by atoms with Gasteiger partial charge in [-0.15, -0.1) is 0 Å². The van der Waals surface area contributed by atoms with Crippen LogP contribution in [0.1, 0.15) is 30.4 Å². The smallest absolute Gasteiger partial charge is 0.404 e. The zero-order chi connectivity index (χ0) is 19.9. The third-order valence-electron chi connectivity index (χ3n) is 5.94. The minimum Gasteiger partial charge on any atom is -0.490 e. The summed E-state index contributed by atoms with van der Waals surface area (Å²) in [4.78, 5) is 11.2. The monoisotopic (exact) mass is 407 g/mol. The quantitative estimate of drug-likeness (QED) is 0.798. The molecular weight excluding hydrogens is 388 g/mol. The number of halogens is 3. The average Bonchev–Trinajstić information content (AvgIpc) is 2.66. The highest BCUT2D eigenvalue weighted by Crippen LogP contribution is 2.53. The molecule has 0 bridgehead atoms. The number of primary amides is 1. The van der Waals surface area contributed by atoms with Gasteiger partial charge in [-0.1, -0.05) is 23.7 Å². The third-order valence-corrected chi connectivity index (χ3v) is 6.19. The molecule has 1 heterocycles. The fraction of sp³-hybridized carbons (Fsp3) is 0.381. The van der Waals surface area contributed by atoms with Crippen LogP contribution in [-0.2, 0) is 16.6 Å². The van der Waals surface area contributed by atoms with Gasteiger partial charge in [0.1, 0.15) is 11.9 Å². The summed E-state index contributed by atoms with van der Waals surface area (Å²) in [5.74, 6) is -1.21. The minimum absolute atomic E-state index is 0.0144. The van der Waals surface area contributed by atoms with E-state index in [9.17, 15) is 13.6 Å². The summed E-state index contributed by atoms with van der Waals surface area (Å²) in [6.07, 6.45) is 0.838. The fourth-order valence-electron chi connectivity index (χ4n) is 4.72. The zero-order valence-corrected chi connectivity index (χ0v) is 15.8. The molecule has 0 saturated heterocycles. The molecule has 1 unspecified atom stereocenters. The van der Waals surface area contributed by atoms with E-state index in [-0.39, 0.29) is 29.9 Å². The summed E-state index contributed by atoms with van der Waals surface area (Å²) in [6, 6.07) is 9.60. The van der Waals surface area contributed by atoms with Crippen molar-refractivity contribution in [3.63, 3.8) is 0 Å². The molecule has 1 fully saturated rings. The normalized spacial score (nSPS) is 26.0. The molecule has 28 heavy (non-hydrogen) atoms. The number of ether oxygens (including phenoxy) is 2. The molecule has 0 spiro atoms. The lowest BCUT2D eigenvalue weighted by Crippen LogP contribution is -2.50. The highest BCUT2D eigenvalue weighted by Gasteiger charge is 2.51. The molecule has 3 atom stereocenters. The average molecular weight is 408 g/mol. The SMILES string of the molecule is NC(=O)O[C@@H]1CCC2(Cc3ccc(Cl)cc3)c3c(F)ccc(F)c3OC[C@H]2C1. The van der Waals surface area contributed by atoms with Crippen LogP contribution in [0, 0.1) is 17.6 Å². The van der Waals surface area contributed by atoms with Crippen molar-refractivity contribution in [3.05, 3.63) is 64.2 Å². The number of hydrogen-bond acceptors (Lipinski definition) is 3. The largest absolute Gasteiger partial charge is 0.490 e. The summed E-state index contributed by atoms with van der Waals surface area (Å²) in [5.41, 5.74) is 5.75. The maximum absolute atomic E-state index is 15.0. The van der Waals surface area contributed by atoms with Crippen LogP contribution in [0.15, 0.2) is 36.4 Å². The molecule has 1 aliphatic heterocycles. The van der Waals surface area contributed by atoms with Gasteiger partial charge in [0.25, 0.3) is 0 Å². The van der Waals surface area contributed by atoms with Gasteiger partial charge in [0, 0.05) is 21.9 Å². The number of amides is 1. The van der Waals surface area contributed by atoms with Gasteiger partial charge in [-0.2, -0.15) is 0 Å². The first kappa shape index (κ1) is 19.0. The van der Waals surface area contributed by atoms with Crippen molar-refractivity contribution >= 4 is 17.7 Å². The second-order valence-electron chi connectivity index (χ2n) is 7.53. The Morgan fingerprint density at radius 3 is 2.64 bits per heavy atom.